The van der Waals surface area contributed by atoms with Crippen molar-refractivity contribution in [3.8, 4) is 6.07 Å². The van der Waals surface area contributed by atoms with E-state index in [9.17, 15) is 13.2 Å². The molecule has 0 radical (unpaired) electrons. The third kappa shape index (κ3) is 1.60. The molecule has 1 aromatic heterocycles. The first-order valence-electron chi connectivity index (χ1n) is 3.07. The average molecular weight is 210 g/mol. The van der Waals surface area contributed by atoms with Crippen molar-refractivity contribution >= 4 is 11.6 Å². The molecule has 0 fully saturated rings. The summed E-state index contributed by atoms with van der Waals surface area (Å²) in [6.45, 7) is 0. The first kappa shape index (κ1) is 9.86. The van der Waals surface area contributed by atoms with Crippen LogP contribution in [-0.2, 0) is 13.2 Å². The maximum atomic E-state index is 12.1. The van der Waals surface area contributed by atoms with Crippen LogP contribution in [-0.4, -0.2) is 9.78 Å². The molecule has 0 spiro atoms. The summed E-state index contributed by atoms with van der Waals surface area (Å²) in [5, 5.41) is 11.2. The Hall–Kier alpha value is -1.22. The Labute approximate surface area is 76.3 Å². The highest BCUT2D eigenvalue weighted by Crippen LogP contribution is 2.33. The Morgan fingerprint density at radius 3 is 2.38 bits per heavy atom. The van der Waals surface area contributed by atoms with Crippen LogP contribution in [0.4, 0.5) is 13.2 Å². The molecule has 0 aliphatic heterocycles. The van der Waals surface area contributed by atoms with E-state index in [1.807, 2.05) is 0 Å². The molecule has 0 aliphatic rings. The topological polar surface area (TPSA) is 41.6 Å². The minimum atomic E-state index is -4.64. The maximum absolute atomic E-state index is 12.1. The minimum absolute atomic E-state index is 0.310. The monoisotopic (exact) mass is 209 g/mol. The zero-order valence-corrected chi connectivity index (χ0v) is 7.11. The fraction of sp³-hybridized carbons (Fsp3) is 0.333. The lowest BCUT2D eigenvalue weighted by Crippen LogP contribution is -2.08. The van der Waals surface area contributed by atoms with Gasteiger partial charge in [0.25, 0.3) is 0 Å². The Morgan fingerprint density at radius 2 is 2.08 bits per heavy atom. The van der Waals surface area contributed by atoms with E-state index in [-0.39, 0.29) is 5.15 Å². The van der Waals surface area contributed by atoms with Crippen LogP contribution >= 0.6 is 11.6 Å². The Kier molecular flexibility index (Phi) is 2.22. The Morgan fingerprint density at radius 1 is 1.54 bits per heavy atom. The summed E-state index contributed by atoms with van der Waals surface area (Å²) in [4.78, 5) is 0. The Balaban J connectivity index is 3.41. The molecule has 1 aromatic rings. The minimum Gasteiger partial charge on any atom is -0.255 e. The standard InChI is InChI=1S/C6H3ClF3N3/c1-13-5(7)3(2-11)4(12-13)6(8,9)10/h1H3. The van der Waals surface area contributed by atoms with E-state index in [2.05, 4.69) is 5.10 Å². The predicted molar refractivity (Wildman–Crippen MR) is 37.9 cm³/mol. The van der Waals surface area contributed by atoms with Crippen molar-refractivity contribution in [1.29, 1.82) is 5.26 Å². The largest absolute Gasteiger partial charge is 0.436 e. The second-order valence-electron chi connectivity index (χ2n) is 2.25. The maximum Gasteiger partial charge on any atom is 0.436 e. The van der Waals surface area contributed by atoms with Crippen LogP contribution in [0, 0.1) is 11.3 Å². The molecule has 7 heteroatoms. The smallest absolute Gasteiger partial charge is 0.255 e. The van der Waals surface area contributed by atoms with Gasteiger partial charge in [-0.3, -0.25) is 4.68 Å². The van der Waals surface area contributed by atoms with Crippen LogP contribution in [0.15, 0.2) is 0 Å². The number of nitriles is 1. The van der Waals surface area contributed by atoms with Crippen molar-refractivity contribution in [3.63, 3.8) is 0 Å². The van der Waals surface area contributed by atoms with E-state index in [1.165, 1.54) is 13.1 Å². The van der Waals surface area contributed by atoms with Crippen molar-refractivity contribution in [3.05, 3.63) is 16.4 Å². The first-order chi connectivity index (χ1) is 5.88. The normalized spacial score (nSPS) is 11.4. The molecule has 3 nitrogen and oxygen atoms in total. The summed E-state index contributed by atoms with van der Waals surface area (Å²) in [5.41, 5.74) is -1.89. The number of aryl methyl sites for hydroxylation is 1. The average Bonchev–Trinajstić information content (AvgIpc) is 2.28. The van der Waals surface area contributed by atoms with Gasteiger partial charge < -0.3 is 0 Å². The summed E-state index contributed by atoms with van der Waals surface area (Å²) >= 11 is 5.40. The van der Waals surface area contributed by atoms with Gasteiger partial charge in [0, 0.05) is 7.05 Å². The SMILES string of the molecule is Cn1nc(C(F)(F)F)c(C#N)c1Cl. The van der Waals surface area contributed by atoms with Gasteiger partial charge in [-0.1, -0.05) is 11.6 Å². The lowest BCUT2D eigenvalue weighted by molar-refractivity contribution is -0.141. The molecule has 1 rings (SSSR count). The zero-order chi connectivity index (χ0) is 10.2. The second kappa shape index (κ2) is 2.92. The van der Waals surface area contributed by atoms with Crippen molar-refractivity contribution < 1.29 is 13.2 Å². The van der Waals surface area contributed by atoms with Gasteiger partial charge in [0.2, 0.25) is 0 Å². The van der Waals surface area contributed by atoms with E-state index in [1.54, 1.807) is 0 Å². The highest BCUT2D eigenvalue weighted by Gasteiger charge is 2.38. The molecule has 1 heterocycles. The molecule has 0 unspecified atom stereocenters. The van der Waals surface area contributed by atoms with Gasteiger partial charge in [0.15, 0.2) is 5.69 Å². The lowest BCUT2D eigenvalue weighted by atomic mass is 10.3. The van der Waals surface area contributed by atoms with Crippen molar-refractivity contribution in [1.82, 2.24) is 9.78 Å². The predicted octanol–water partition coefficient (Wildman–Crippen LogP) is 1.96. The Bertz CT molecular complexity index is 374. The third-order valence-electron chi connectivity index (χ3n) is 1.36. The van der Waals surface area contributed by atoms with Gasteiger partial charge in [0.05, 0.1) is 0 Å². The van der Waals surface area contributed by atoms with Gasteiger partial charge in [0.1, 0.15) is 16.8 Å². The van der Waals surface area contributed by atoms with Gasteiger partial charge in [-0.2, -0.15) is 23.5 Å². The molecule has 0 atom stereocenters. The second-order valence-corrected chi connectivity index (χ2v) is 2.61. The fourth-order valence-electron chi connectivity index (χ4n) is 0.801. The van der Waals surface area contributed by atoms with Crippen LogP contribution in [0.25, 0.3) is 0 Å². The fourth-order valence-corrected chi connectivity index (χ4v) is 0.970. The van der Waals surface area contributed by atoms with Crippen LogP contribution in [0.2, 0.25) is 5.15 Å². The number of hydrogen-bond acceptors (Lipinski definition) is 2. The van der Waals surface area contributed by atoms with Gasteiger partial charge in [-0.25, -0.2) is 0 Å². The molecule has 0 amide bonds. The van der Waals surface area contributed by atoms with Gasteiger partial charge >= 0.3 is 6.18 Å². The van der Waals surface area contributed by atoms with E-state index in [0.717, 1.165) is 4.68 Å². The number of rotatable bonds is 0. The molecule has 0 saturated carbocycles. The van der Waals surface area contributed by atoms with Gasteiger partial charge in [-0.15, -0.1) is 0 Å². The van der Waals surface area contributed by atoms with Crippen molar-refractivity contribution in [2.75, 3.05) is 0 Å². The molecule has 0 bridgehead atoms. The quantitative estimate of drug-likeness (QED) is 0.656. The molecular weight excluding hydrogens is 207 g/mol. The van der Waals surface area contributed by atoms with E-state index >= 15 is 0 Å². The number of hydrogen-bond donors (Lipinski definition) is 0. The molecule has 70 valence electrons. The molecule has 0 saturated heterocycles. The summed E-state index contributed by atoms with van der Waals surface area (Å²) in [7, 11) is 1.23. The summed E-state index contributed by atoms with van der Waals surface area (Å²) < 4.78 is 37.2. The van der Waals surface area contributed by atoms with Crippen molar-refractivity contribution in [2.24, 2.45) is 7.05 Å². The van der Waals surface area contributed by atoms with Gasteiger partial charge in [-0.05, 0) is 0 Å². The van der Waals surface area contributed by atoms with E-state index < -0.39 is 17.4 Å². The summed E-state index contributed by atoms with van der Waals surface area (Å²) in [6.07, 6.45) is -4.64. The molecule has 0 aromatic carbocycles. The highest BCUT2D eigenvalue weighted by molar-refractivity contribution is 6.30. The number of alkyl halides is 3. The number of nitrogens with zero attached hydrogens (tertiary/aromatic N) is 3. The molecule has 0 aliphatic carbocycles. The summed E-state index contributed by atoms with van der Waals surface area (Å²) in [5.74, 6) is 0. The molecular formula is C6H3ClF3N3. The number of aromatic nitrogens is 2. The third-order valence-corrected chi connectivity index (χ3v) is 1.79. The highest BCUT2D eigenvalue weighted by atomic mass is 35.5. The molecule has 13 heavy (non-hydrogen) atoms. The summed E-state index contributed by atoms with van der Waals surface area (Å²) in [6, 6.07) is 1.36. The van der Waals surface area contributed by atoms with Crippen LogP contribution in [0.1, 0.15) is 11.3 Å². The van der Waals surface area contributed by atoms with E-state index in [0.29, 0.717) is 0 Å². The van der Waals surface area contributed by atoms with Crippen LogP contribution < -0.4 is 0 Å². The van der Waals surface area contributed by atoms with Crippen molar-refractivity contribution in [2.45, 2.75) is 6.18 Å². The van der Waals surface area contributed by atoms with Crippen LogP contribution in [0.5, 0.6) is 0 Å². The zero-order valence-electron chi connectivity index (χ0n) is 6.35. The molecule has 0 N–H and O–H groups in total. The number of halogens is 4. The lowest BCUT2D eigenvalue weighted by Gasteiger charge is -2.00. The van der Waals surface area contributed by atoms with Crippen LogP contribution in [0.3, 0.4) is 0 Å². The first-order valence-corrected chi connectivity index (χ1v) is 3.45. The van der Waals surface area contributed by atoms with E-state index in [4.69, 9.17) is 16.9 Å².